The molecule has 0 saturated carbocycles. The minimum atomic E-state index is -1.29. The number of amides is 1. The molecule has 5 nitrogen and oxygen atoms in total. The molecule has 0 aromatic carbocycles. The maximum atomic E-state index is 11.8. The van der Waals surface area contributed by atoms with Gasteiger partial charge in [0.25, 0.3) is 0 Å². The largest absolute Gasteiger partial charge is 0.506 e. The summed E-state index contributed by atoms with van der Waals surface area (Å²) in [4.78, 5) is 24.1. The number of likely N-dealkylation sites (tertiary alicyclic amines) is 1. The Balaban J connectivity index is 1.80. The van der Waals surface area contributed by atoms with Crippen molar-refractivity contribution in [1.29, 1.82) is 0 Å². The highest BCUT2D eigenvalue weighted by Crippen LogP contribution is 2.17. The second kappa shape index (κ2) is 16.7. The van der Waals surface area contributed by atoms with Gasteiger partial charge in [-0.3, -0.25) is 4.79 Å². The van der Waals surface area contributed by atoms with Crippen LogP contribution in [0, 0.1) is 0 Å². The van der Waals surface area contributed by atoms with Crippen molar-refractivity contribution in [3.8, 4) is 0 Å². The molecular weight excluding hydrogens is 354 g/mol. The van der Waals surface area contributed by atoms with Gasteiger partial charge in [0.1, 0.15) is 6.10 Å². The first kappa shape index (κ1) is 24.8. The van der Waals surface area contributed by atoms with Crippen LogP contribution in [0.25, 0.3) is 0 Å². The van der Waals surface area contributed by atoms with Crippen LogP contribution < -0.4 is 0 Å². The molecule has 5 heteroatoms. The fourth-order valence-electron chi connectivity index (χ4n) is 4.02. The Morgan fingerprint density at radius 1 is 0.857 bits per heavy atom. The van der Waals surface area contributed by atoms with Gasteiger partial charge in [0.15, 0.2) is 0 Å². The number of carboxylic acid groups (broad SMARTS) is 1. The van der Waals surface area contributed by atoms with E-state index in [1.807, 2.05) is 0 Å². The van der Waals surface area contributed by atoms with Crippen molar-refractivity contribution >= 4 is 12.1 Å². The van der Waals surface area contributed by atoms with Crippen molar-refractivity contribution in [2.45, 2.75) is 122 Å². The highest BCUT2D eigenvalue weighted by atomic mass is 16.7. The third-order valence-corrected chi connectivity index (χ3v) is 5.73. The molecule has 1 rings (SSSR count). The predicted octanol–water partition coefficient (Wildman–Crippen LogP) is 6.54. The molecule has 0 radical (unpaired) electrons. The van der Waals surface area contributed by atoms with Crippen molar-refractivity contribution in [2.24, 2.45) is 0 Å². The number of nitrogens with zero attached hydrogens (tertiary/aromatic N) is 1. The average molecular weight is 398 g/mol. The monoisotopic (exact) mass is 397 g/mol. The normalized spacial score (nSPS) is 16.7. The molecule has 0 spiro atoms. The molecular formula is C23H43NO4. The van der Waals surface area contributed by atoms with Gasteiger partial charge in [-0.2, -0.15) is 0 Å². The van der Waals surface area contributed by atoms with E-state index in [1.165, 1.54) is 89.9 Å². The lowest BCUT2D eigenvalue weighted by Gasteiger charge is -2.15. The van der Waals surface area contributed by atoms with E-state index in [1.54, 1.807) is 4.90 Å². The highest BCUT2D eigenvalue weighted by Gasteiger charge is 2.31. The molecule has 1 aliphatic heterocycles. The van der Waals surface area contributed by atoms with E-state index in [-0.39, 0.29) is 12.3 Å². The van der Waals surface area contributed by atoms with Crippen LogP contribution in [0.5, 0.6) is 0 Å². The Bertz CT molecular complexity index is 413. The van der Waals surface area contributed by atoms with Gasteiger partial charge >= 0.3 is 6.16 Å². The second-order valence-electron chi connectivity index (χ2n) is 8.35. The number of carbonyl (C=O) groups is 2. The molecule has 0 aliphatic carbocycles. The molecule has 0 aromatic rings. The van der Waals surface area contributed by atoms with E-state index >= 15 is 0 Å². The van der Waals surface area contributed by atoms with Gasteiger partial charge in [-0.1, -0.05) is 103 Å². The molecule has 1 unspecified atom stereocenters. The molecule has 1 amide bonds. The molecule has 1 N–H and O–H groups in total. The van der Waals surface area contributed by atoms with Crippen LogP contribution >= 0.6 is 0 Å². The van der Waals surface area contributed by atoms with E-state index < -0.39 is 12.3 Å². The van der Waals surface area contributed by atoms with E-state index in [4.69, 9.17) is 9.84 Å². The van der Waals surface area contributed by atoms with Gasteiger partial charge in [-0.05, 0) is 6.42 Å². The molecule has 1 saturated heterocycles. The molecule has 28 heavy (non-hydrogen) atoms. The van der Waals surface area contributed by atoms with Crippen molar-refractivity contribution in [3.63, 3.8) is 0 Å². The van der Waals surface area contributed by atoms with Gasteiger partial charge in [0.05, 0.1) is 13.0 Å². The SMILES string of the molecule is CCCCCCCCCCCCCCCCCCN1CC(OC(=O)O)CC1=O. The maximum Gasteiger partial charge on any atom is 0.506 e. The molecule has 1 aliphatic rings. The average Bonchev–Trinajstić information content (AvgIpc) is 2.99. The van der Waals surface area contributed by atoms with E-state index in [2.05, 4.69) is 6.92 Å². The lowest BCUT2D eigenvalue weighted by atomic mass is 10.0. The highest BCUT2D eigenvalue weighted by molar-refractivity contribution is 5.79. The van der Waals surface area contributed by atoms with Gasteiger partial charge in [-0.25, -0.2) is 4.79 Å². The van der Waals surface area contributed by atoms with Crippen molar-refractivity contribution in [3.05, 3.63) is 0 Å². The summed E-state index contributed by atoms with van der Waals surface area (Å²) in [6.07, 6.45) is 19.8. The molecule has 1 fully saturated rings. The molecule has 1 heterocycles. The zero-order valence-electron chi connectivity index (χ0n) is 18.1. The number of ether oxygens (including phenoxy) is 1. The summed E-state index contributed by atoms with van der Waals surface area (Å²) in [6, 6.07) is 0. The summed E-state index contributed by atoms with van der Waals surface area (Å²) in [5.74, 6) is 0.0206. The maximum absolute atomic E-state index is 11.8. The van der Waals surface area contributed by atoms with Crippen LogP contribution in [0.15, 0.2) is 0 Å². The van der Waals surface area contributed by atoms with Crippen molar-refractivity contribution in [1.82, 2.24) is 4.90 Å². The zero-order valence-corrected chi connectivity index (χ0v) is 18.1. The minimum Gasteiger partial charge on any atom is -0.450 e. The van der Waals surface area contributed by atoms with E-state index in [0.29, 0.717) is 6.54 Å². The number of unbranched alkanes of at least 4 members (excludes halogenated alkanes) is 15. The number of carbonyl (C=O) groups excluding carboxylic acids is 1. The molecule has 1 atom stereocenters. The predicted molar refractivity (Wildman–Crippen MR) is 114 cm³/mol. The Kier molecular flexibility index (Phi) is 14.8. The van der Waals surface area contributed by atoms with E-state index in [0.717, 1.165) is 19.4 Å². The quantitative estimate of drug-likeness (QED) is 0.210. The Labute approximate surface area is 172 Å². The first-order valence-corrected chi connectivity index (χ1v) is 11.8. The topological polar surface area (TPSA) is 66.8 Å². The fraction of sp³-hybridized carbons (Fsp3) is 0.913. The fourth-order valence-corrected chi connectivity index (χ4v) is 4.02. The van der Waals surface area contributed by atoms with Crippen LogP contribution in [-0.2, 0) is 9.53 Å². The summed E-state index contributed by atoms with van der Waals surface area (Å²) in [6.45, 7) is 3.42. The van der Waals surface area contributed by atoms with Crippen LogP contribution in [0.1, 0.15) is 116 Å². The smallest absolute Gasteiger partial charge is 0.450 e. The van der Waals surface area contributed by atoms with Crippen LogP contribution in [0.4, 0.5) is 4.79 Å². The van der Waals surface area contributed by atoms with E-state index in [9.17, 15) is 9.59 Å². The van der Waals surface area contributed by atoms with Crippen molar-refractivity contribution < 1.29 is 19.4 Å². The summed E-state index contributed by atoms with van der Waals surface area (Å²) in [7, 11) is 0. The summed E-state index contributed by atoms with van der Waals surface area (Å²) in [5, 5.41) is 8.62. The lowest BCUT2D eigenvalue weighted by Crippen LogP contribution is -2.28. The summed E-state index contributed by atoms with van der Waals surface area (Å²) < 4.78 is 4.70. The van der Waals surface area contributed by atoms with Gasteiger partial charge in [0, 0.05) is 6.54 Å². The van der Waals surface area contributed by atoms with Crippen LogP contribution in [0.3, 0.4) is 0 Å². The lowest BCUT2D eigenvalue weighted by molar-refractivity contribution is -0.127. The third-order valence-electron chi connectivity index (χ3n) is 5.73. The Morgan fingerprint density at radius 2 is 1.29 bits per heavy atom. The van der Waals surface area contributed by atoms with Crippen LogP contribution in [-0.4, -0.2) is 41.3 Å². The standard InChI is InChI=1S/C23H43NO4/c1-2-3-4-5-6-7-8-9-10-11-12-13-14-15-16-17-18-24-20-21(19-22(24)25)28-23(26)27/h21H,2-20H2,1H3,(H,26,27). The van der Waals surface area contributed by atoms with Gasteiger partial charge in [0.2, 0.25) is 5.91 Å². The van der Waals surface area contributed by atoms with Crippen LogP contribution in [0.2, 0.25) is 0 Å². The molecule has 0 bridgehead atoms. The molecule has 164 valence electrons. The Morgan fingerprint density at radius 3 is 1.71 bits per heavy atom. The van der Waals surface area contributed by atoms with Gasteiger partial charge in [-0.15, -0.1) is 0 Å². The summed E-state index contributed by atoms with van der Waals surface area (Å²) >= 11 is 0. The molecule has 0 aromatic heterocycles. The third kappa shape index (κ3) is 13.0. The summed E-state index contributed by atoms with van der Waals surface area (Å²) in [5.41, 5.74) is 0. The number of hydrogen-bond donors (Lipinski definition) is 1. The second-order valence-corrected chi connectivity index (χ2v) is 8.35. The minimum absolute atomic E-state index is 0.0206. The first-order valence-electron chi connectivity index (χ1n) is 11.8. The zero-order chi connectivity index (χ0) is 20.5. The number of hydrogen-bond acceptors (Lipinski definition) is 3. The van der Waals surface area contributed by atoms with Gasteiger partial charge < -0.3 is 14.7 Å². The first-order chi connectivity index (χ1) is 13.6. The van der Waals surface area contributed by atoms with Crippen molar-refractivity contribution in [2.75, 3.05) is 13.1 Å². The number of rotatable bonds is 18. The Hall–Kier alpha value is -1.26.